The van der Waals surface area contributed by atoms with Gasteiger partial charge < -0.3 is 9.47 Å². The van der Waals surface area contributed by atoms with Crippen LogP contribution in [0.25, 0.3) is 0 Å². The van der Waals surface area contributed by atoms with Gasteiger partial charge in [-0.3, -0.25) is 0 Å². The van der Waals surface area contributed by atoms with E-state index in [0.29, 0.717) is 12.5 Å². The van der Waals surface area contributed by atoms with Crippen LogP contribution < -0.4 is 0 Å². The molecule has 0 radical (unpaired) electrons. The summed E-state index contributed by atoms with van der Waals surface area (Å²) in [5, 5.41) is 0. The number of carbonyl (C=O) groups excluding carboxylic acids is 1. The lowest BCUT2D eigenvalue weighted by atomic mass is 10.2. The third kappa shape index (κ3) is 13.3. The fourth-order valence-corrected chi connectivity index (χ4v) is 0.860. The Morgan fingerprint density at radius 1 is 1.06 bits per heavy atom. The molecule has 0 unspecified atom stereocenters. The standard InChI is InChI=1S/C10H20O3.C3H8/c1-5-9(6-2)13-10(11)12-7-8(3)4;1-3-2/h8-9H,5-7H2,1-4H3;3H2,1-2H3. The summed E-state index contributed by atoms with van der Waals surface area (Å²) in [5.74, 6) is 0.356. The number of hydrogen-bond donors (Lipinski definition) is 0. The molecule has 0 fully saturated rings. The number of carbonyl (C=O) groups is 1. The molecule has 0 rings (SSSR count). The van der Waals surface area contributed by atoms with Crippen LogP contribution in [0.5, 0.6) is 0 Å². The average molecular weight is 232 g/mol. The zero-order valence-corrected chi connectivity index (χ0v) is 11.7. The number of hydrogen-bond acceptors (Lipinski definition) is 3. The topological polar surface area (TPSA) is 35.5 Å². The van der Waals surface area contributed by atoms with Crippen molar-refractivity contribution in [3.63, 3.8) is 0 Å². The molecule has 0 aromatic rings. The first-order valence-corrected chi connectivity index (χ1v) is 6.34. The van der Waals surface area contributed by atoms with E-state index in [1.54, 1.807) is 0 Å². The fraction of sp³-hybridized carbons (Fsp3) is 0.923. The Hall–Kier alpha value is -0.730. The third-order valence-corrected chi connectivity index (χ3v) is 1.71. The smallest absolute Gasteiger partial charge is 0.434 e. The summed E-state index contributed by atoms with van der Waals surface area (Å²) in [6.07, 6.45) is 2.39. The quantitative estimate of drug-likeness (QED) is 0.659. The molecule has 0 spiro atoms. The largest absolute Gasteiger partial charge is 0.508 e. The molecule has 98 valence electrons. The zero-order chi connectivity index (χ0) is 13.0. The van der Waals surface area contributed by atoms with Crippen LogP contribution in [-0.2, 0) is 9.47 Å². The summed E-state index contributed by atoms with van der Waals surface area (Å²) in [6.45, 7) is 12.6. The fourth-order valence-electron chi connectivity index (χ4n) is 0.860. The zero-order valence-electron chi connectivity index (χ0n) is 11.7. The first kappa shape index (κ1) is 17.7. The highest BCUT2D eigenvalue weighted by molar-refractivity contribution is 5.60. The predicted molar refractivity (Wildman–Crippen MR) is 67.6 cm³/mol. The molecule has 0 aliphatic carbocycles. The molecule has 0 atom stereocenters. The van der Waals surface area contributed by atoms with Crippen molar-refractivity contribution in [2.24, 2.45) is 5.92 Å². The van der Waals surface area contributed by atoms with Crippen LogP contribution in [0.3, 0.4) is 0 Å². The van der Waals surface area contributed by atoms with Crippen LogP contribution in [0.2, 0.25) is 0 Å². The SMILES string of the molecule is CCC.CCC(CC)OC(=O)OCC(C)C. The van der Waals surface area contributed by atoms with Crippen molar-refractivity contribution < 1.29 is 14.3 Å². The van der Waals surface area contributed by atoms with Gasteiger partial charge in [0.1, 0.15) is 6.10 Å². The molecule has 0 amide bonds. The summed E-state index contributed by atoms with van der Waals surface area (Å²) < 4.78 is 9.91. The molecule has 0 N–H and O–H groups in total. The van der Waals surface area contributed by atoms with E-state index in [4.69, 9.17) is 9.47 Å². The predicted octanol–water partition coefficient (Wildman–Crippen LogP) is 4.40. The molecule has 16 heavy (non-hydrogen) atoms. The van der Waals surface area contributed by atoms with Gasteiger partial charge in [0, 0.05) is 0 Å². The molecule has 3 nitrogen and oxygen atoms in total. The summed E-state index contributed by atoms with van der Waals surface area (Å²) in [4.78, 5) is 11.0. The Kier molecular flexibility index (Phi) is 13.6. The van der Waals surface area contributed by atoms with Crippen LogP contribution in [0, 0.1) is 5.92 Å². The summed E-state index contributed by atoms with van der Waals surface area (Å²) >= 11 is 0. The Morgan fingerprint density at radius 3 is 1.81 bits per heavy atom. The van der Waals surface area contributed by atoms with Crippen LogP contribution in [0.15, 0.2) is 0 Å². The van der Waals surface area contributed by atoms with Crippen molar-refractivity contribution >= 4 is 6.16 Å². The molecule has 0 aromatic carbocycles. The van der Waals surface area contributed by atoms with E-state index in [2.05, 4.69) is 13.8 Å². The maximum atomic E-state index is 11.0. The normalized spacial score (nSPS) is 9.75. The van der Waals surface area contributed by atoms with Crippen molar-refractivity contribution in [3.8, 4) is 0 Å². The lowest BCUT2D eigenvalue weighted by molar-refractivity contribution is 0.0154. The monoisotopic (exact) mass is 232 g/mol. The van der Waals surface area contributed by atoms with E-state index in [-0.39, 0.29) is 6.10 Å². The van der Waals surface area contributed by atoms with Crippen LogP contribution in [-0.4, -0.2) is 18.9 Å². The minimum Gasteiger partial charge on any atom is -0.434 e. The second-order valence-corrected chi connectivity index (χ2v) is 4.22. The second kappa shape index (κ2) is 12.3. The van der Waals surface area contributed by atoms with Gasteiger partial charge in [0.25, 0.3) is 0 Å². The van der Waals surface area contributed by atoms with Gasteiger partial charge in [-0.15, -0.1) is 0 Å². The van der Waals surface area contributed by atoms with Gasteiger partial charge in [-0.25, -0.2) is 4.79 Å². The highest BCUT2D eigenvalue weighted by Crippen LogP contribution is 2.05. The number of rotatable bonds is 5. The molecule has 0 saturated heterocycles. The molecule has 0 aliphatic rings. The Labute approximate surface area is 101 Å². The van der Waals surface area contributed by atoms with Gasteiger partial charge in [-0.05, 0) is 18.8 Å². The van der Waals surface area contributed by atoms with Crippen molar-refractivity contribution in [1.82, 2.24) is 0 Å². The van der Waals surface area contributed by atoms with E-state index in [0.717, 1.165) is 12.8 Å². The maximum Gasteiger partial charge on any atom is 0.508 e. The third-order valence-electron chi connectivity index (χ3n) is 1.71. The minimum atomic E-state index is -0.539. The molecule has 3 heteroatoms. The van der Waals surface area contributed by atoms with Gasteiger partial charge in [0.05, 0.1) is 6.61 Å². The highest BCUT2D eigenvalue weighted by atomic mass is 16.7. The Balaban J connectivity index is 0. The van der Waals surface area contributed by atoms with E-state index >= 15 is 0 Å². The van der Waals surface area contributed by atoms with E-state index in [1.165, 1.54) is 6.42 Å². The first-order chi connectivity index (χ1) is 7.51. The van der Waals surface area contributed by atoms with E-state index in [9.17, 15) is 4.79 Å². The summed E-state index contributed by atoms with van der Waals surface area (Å²) in [5.41, 5.74) is 0. The van der Waals surface area contributed by atoms with E-state index < -0.39 is 6.16 Å². The summed E-state index contributed by atoms with van der Waals surface area (Å²) in [6, 6.07) is 0. The van der Waals surface area contributed by atoms with Gasteiger partial charge in [-0.2, -0.15) is 0 Å². The molecule has 0 heterocycles. The molecule has 0 saturated carbocycles. The first-order valence-electron chi connectivity index (χ1n) is 6.34. The second-order valence-electron chi connectivity index (χ2n) is 4.22. The average Bonchev–Trinajstić information content (AvgIpc) is 2.24. The highest BCUT2D eigenvalue weighted by Gasteiger charge is 2.11. The van der Waals surface area contributed by atoms with Crippen molar-refractivity contribution in [2.75, 3.05) is 6.61 Å². The van der Waals surface area contributed by atoms with Gasteiger partial charge in [0.15, 0.2) is 0 Å². The molecular formula is C13H28O3. The molecule has 0 bridgehead atoms. The molecule has 0 aromatic heterocycles. The Morgan fingerprint density at radius 2 is 1.50 bits per heavy atom. The van der Waals surface area contributed by atoms with Crippen molar-refractivity contribution in [3.05, 3.63) is 0 Å². The van der Waals surface area contributed by atoms with E-state index in [1.807, 2.05) is 27.7 Å². The minimum absolute atomic E-state index is 0.000313. The van der Waals surface area contributed by atoms with Gasteiger partial charge in [-0.1, -0.05) is 48.0 Å². The molecular weight excluding hydrogens is 204 g/mol. The van der Waals surface area contributed by atoms with Crippen LogP contribution in [0.4, 0.5) is 4.79 Å². The van der Waals surface area contributed by atoms with Gasteiger partial charge >= 0.3 is 6.16 Å². The van der Waals surface area contributed by atoms with Crippen molar-refractivity contribution in [1.29, 1.82) is 0 Å². The lowest BCUT2D eigenvalue weighted by Crippen LogP contribution is -2.19. The van der Waals surface area contributed by atoms with Crippen LogP contribution in [0.1, 0.15) is 60.8 Å². The maximum absolute atomic E-state index is 11.0. The van der Waals surface area contributed by atoms with Crippen LogP contribution >= 0.6 is 0 Å². The van der Waals surface area contributed by atoms with Crippen molar-refractivity contribution in [2.45, 2.75) is 66.9 Å². The number of ether oxygens (including phenoxy) is 2. The Bertz CT molecular complexity index is 151. The summed E-state index contributed by atoms with van der Waals surface area (Å²) in [7, 11) is 0. The molecule has 0 aliphatic heterocycles. The lowest BCUT2D eigenvalue weighted by Gasteiger charge is -2.14. The van der Waals surface area contributed by atoms with Gasteiger partial charge in [0.2, 0.25) is 0 Å².